The Kier molecular flexibility index (Phi) is 3.71. The van der Waals surface area contributed by atoms with Crippen molar-refractivity contribution in [3.63, 3.8) is 0 Å². The van der Waals surface area contributed by atoms with Gasteiger partial charge in [0.05, 0.1) is 0 Å². The highest BCUT2D eigenvalue weighted by atomic mass is 32.2. The lowest BCUT2D eigenvalue weighted by molar-refractivity contribution is 0.553. The summed E-state index contributed by atoms with van der Waals surface area (Å²) in [5.74, 6) is 1.50. The lowest BCUT2D eigenvalue weighted by atomic mass is 9.99. The van der Waals surface area contributed by atoms with Gasteiger partial charge in [0.15, 0.2) is 4.90 Å². The Labute approximate surface area is 159 Å². The van der Waals surface area contributed by atoms with Gasteiger partial charge in [0.25, 0.3) is 5.56 Å². The van der Waals surface area contributed by atoms with Crippen molar-refractivity contribution >= 4 is 32.9 Å². The molecule has 0 N–H and O–H groups in total. The van der Waals surface area contributed by atoms with Crippen molar-refractivity contribution in [2.24, 2.45) is 7.05 Å². The minimum Gasteiger partial charge on any atom is -0.612 e. The smallest absolute Gasteiger partial charge is 0.258 e. The normalized spacial score (nSPS) is 15.5. The Balaban J connectivity index is 1.88. The third-order valence-electron chi connectivity index (χ3n) is 5.30. The van der Waals surface area contributed by atoms with E-state index in [2.05, 4.69) is 6.07 Å². The van der Waals surface area contributed by atoms with Gasteiger partial charge in [-0.2, -0.15) is 0 Å². The van der Waals surface area contributed by atoms with Crippen molar-refractivity contribution in [2.75, 3.05) is 6.26 Å². The zero-order valence-corrected chi connectivity index (χ0v) is 16.0. The van der Waals surface area contributed by atoms with E-state index in [0.29, 0.717) is 11.3 Å². The summed E-state index contributed by atoms with van der Waals surface area (Å²) >= 11 is -1.11. The van der Waals surface area contributed by atoms with E-state index in [1.165, 1.54) is 0 Å². The van der Waals surface area contributed by atoms with Crippen molar-refractivity contribution in [3.05, 3.63) is 64.8 Å². The molecule has 0 amide bonds. The minimum absolute atomic E-state index is 0.0288. The number of aromatic nitrogens is 1. The van der Waals surface area contributed by atoms with E-state index < -0.39 is 11.2 Å². The molecule has 0 saturated heterocycles. The Morgan fingerprint density at radius 3 is 2.56 bits per heavy atom. The van der Waals surface area contributed by atoms with Crippen LogP contribution < -0.4 is 5.56 Å². The molecule has 0 spiro atoms. The third kappa shape index (κ3) is 2.69. The second kappa shape index (κ2) is 6.01. The van der Waals surface area contributed by atoms with Crippen LogP contribution in [-0.4, -0.2) is 15.4 Å². The number of hydrogen-bond donors (Lipinski definition) is 0. The SMILES string of the molecule is Cn1cc(-c2cc([S+](C)[O-])cc3cc(C4CC4)oc23)c2ccccc2c1=O. The highest BCUT2D eigenvalue weighted by Gasteiger charge is 2.28. The minimum atomic E-state index is -1.11. The predicted molar refractivity (Wildman–Crippen MR) is 109 cm³/mol. The van der Waals surface area contributed by atoms with Crippen LogP contribution in [0.15, 0.2) is 62.8 Å². The van der Waals surface area contributed by atoms with Crippen LogP contribution in [0.3, 0.4) is 0 Å². The van der Waals surface area contributed by atoms with Crippen LogP contribution in [0.1, 0.15) is 24.5 Å². The fourth-order valence-electron chi connectivity index (χ4n) is 3.71. The van der Waals surface area contributed by atoms with Gasteiger partial charge in [-0.25, -0.2) is 0 Å². The average Bonchev–Trinajstić information content (AvgIpc) is 3.43. The zero-order valence-electron chi connectivity index (χ0n) is 15.2. The molecule has 1 saturated carbocycles. The second-order valence-corrected chi connectivity index (χ2v) is 8.65. The molecule has 0 bridgehead atoms. The highest BCUT2D eigenvalue weighted by molar-refractivity contribution is 7.90. The van der Waals surface area contributed by atoms with Crippen LogP contribution >= 0.6 is 0 Å². The Hall–Kier alpha value is -2.50. The van der Waals surface area contributed by atoms with E-state index in [4.69, 9.17) is 4.42 Å². The summed E-state index contributed by atoms with van der Waals surface area (Å²) < 4.78 is 20.1. The molecule has 0 radical (unpaired) electrons. The van der Waals surface area contributed by atoms with E-state index in [9.17, 15) is 9.35 Å². The van der Waals surface area contributed by atoms with Gasteiger partial charge in [-0.3, -0.25) is 4.79 Å². The van der Waals surface area contributed by atoms with Gasteiger partial charge < -0.3 is 13.5 Å². The number of nitrogens with zero attached hydrogens (tertiary/aromatic N) is 1. The maximum atomic E-state index is 12.5. The highest BCUT2D eigenvalue weighted by Crippen LogP contribution is 2.44. The molecule has 136 valence electrons. The number of rotatable bonds is 3. The summed E-state index contributed by atoms with van der Waals surface area (Å²) in [6.07, 6.45) is 5.85. The molecule has 1 atom stereocenters. The number of aryl methyl sites for hydroxylation is 1. The summed E-state index contributed by atoms with van der Waals surface area (Å²) in [4.78, 5) is 13.3. The summed E-state index contributed by atoms with van der Waals surface area (Å²) in [5.41, 5.74) is 2.58. The van der Waals surface area contributed by atoms with Crippen LogP contribution in [-0.2, 0) is 18.2 Å². The molecular weight excluding hydrogens is 358 g/mol. The Morgan fingerprint density at radius 1 is 1.11 bits per heavy atom. The lowest BCUT2D eigenvalue weighted by Gasteiger charge is -2.12. The van der Waals surface area contributed by atoms with E-state index in [-0.39, 0.29) is 5.56 Å². The first kappa shape index (κ1) is 16.7. The van der Waals surface area contributed by atoms with Gasteiger partial charge in [-0.05, 0) is 41.5 Å². The molecule has 4 nitrogen and oxygen atoms in total. The molecule has 1 unspecified atom stereocenters. The van der Waals surface area contributed by atoms with Crippen LogP contribution in [0.2, 0.25) is 0 Å². The van der Waals surface area contributed by atoms with E-state index in [1.807, 2.05) is 42.6 Å². The molecule has 1 fully saturated rings. The number of pyridine rings is 1. The molecule has 2 aromatic heterocycles. The number of fused-ring (bicyclic) bond motifs is 2. The average molecular weight is 377 g/mol. The fourth-order valence-corrected chi connectivity index (χ4v) is 4.29. The predicted octanol–water partition coefficient (Wildman–Crippen LogP) is 4.57. The monoisotopic (exact) mass is 377 g/mol. The van der Waals surface area contributed by atoms with Crippen molar-refractivity contribution in [1.82, 2.24) is 4.57 Å². The van der Waals surface area contributed by atoms with E-state index in [1.54, 1.807) is 17.9 Å². The van der Waals surface area contributed by atoms with Gasteiger partial charge in [-0.1, -0.05) is 18.2 Å². The van der Waals surface area contributed by atoms with Crippen molar-refractivity contribution < 1.29 is 8.97 Å². The van der Waals surface area contributed by atoms with Crippen LogP contribution in [0.5, 0.6) is 0 Å². The molecule has 0 aliphatic heterocycles. The van der Waals surface area contributed by atoms with Gasteiger partial charge in [0.1, 0.15) is 17.6 Å². The first-order valence-corrected chi connectivity index (χ1v) is 10.6. The third-order valence-corrected chi connectivity index (χ3v) is 6.20. The van der Waals surface area contributed by atoms with Gasteiger partial charge in [0.2, 0.25) is 0 Å². The number of furan rings is 1. The Bertz CT molecular complexity index is 1250. The summed E-state index contributed by atoms with van der Waals surface area (Å²) in [5, 5.41) is 2.52. The fraction of sp³-hybridized carbons (Fsp3) is 0.227. The molecule has 4 aromatic rings. The molecule has 5 rings (SSSR count). The maximum absolute atomic E-state index is 12.5. The van der Waals surface area contributed by atoms with Crippen molar-refractivity contribution in [1.29, 1.82) is 0 Å². The van der Waals surface area contributed by atoms with Crippen LogP contribution in [0.25, 0.3) is 32.9 Å². The van der Waals surface area contributed by atoms with E-state index in [0.717, 1.165) is 51.0 Å². The number of benzene rings is 2. The first-order valence-electron chi connectivity index (χ1n) is 9.02. The molecule has 1 aliphatic carbocycles. The lowest BCUT2D eigenvalue weighted by Crippen LogP contribution is -2.16. The van der Waals surface area contributed by atoms with Crippen LogP contribution in [0, 0.1) is 0 Å². The van der Waals surface area contributed by atoms with Crippen molar-refractivity contribution in [2.45, 2.75) is 23.7 Å². The molecule has 27 heavy (non-hydrogen) atoms. The van der Waals surface area contributed by atoms with Gasteiger partial charge in [0, 0.05) is 53.2 Å². The standard InChI is InChI=1S/C22H19NO3S/c1-23-12-19(16-5-3-4-6-17(16)22(23)24)18-11-15(27(2)25)9-14-10-20(13-7-8-13)26-21(14)18/h3-6,9-13H,7-8H2,1-2H3. The molecule has 2 heterocycles. The molecular formula is C22H19NO3S. The molecule has 2 aromatic carbocycles. The van der Waals surface area contributed by atoms with Crippen LogP contribution in [0.4, 0.5) is 0 Å². The van der Waals surface area contributed by atoms with Crippen molar-refractivity contribution in [3.8, 4) is 11.1 Å². The summed E-state index contributed by atoms with van der Waals surface area (Å²) in [6.45, 7) is 0. The second-order valence-electron chi connectivity index (χ2n) is 7.27. The summed E-state index contributed by atoms with van der Waals surface area (Å²) in [7, 11) is 1.76. The van der Waals surface area contributed by atoms with E-state index >= 15 is 0 Å². The maximum Gasteiger partial charge on any atom is 0.258 e. The molecule has 1 aliphatic rings. The zero-order chi connectivity index (χ0) is 18.7. The molecule has 5 heteroatoms. The van der Waals surface area contributed by atoms with Gasteiger partial charge >= 0.3 is 0 Å². The quantitative estimate of drug-likeness (QED) is 0.492. The Morgan fingerprint density at radius 2 is 1.85 bits per heavy atom. The number of hydrogen-bond acceptors (Lipinski definition) is 3. The largest absolute Gasteiger partial charge is 0.612 e. The van der Waals surface area contributed by atoms with Gasteiger partial charge in [-0.15, -0.1) is 0 Å². The first-order chi connectivity index (χ1) is 13.0. The summed E-state index contributed by atoms with van der Waals surface area (Å²) in [6, 6.07) is 13.6. The topological polar surface area (TPSA) is 58.2 Å².